The Balaban J connectivity index is 0.000000165. The summed E-state index contributed by atoms with van der Waals surface area (Å²) in [5.74, 6) is -4.17. The number of carbonyl (C=O) groups excluding carboxylic acids is 5. The highest BCUT2D eigenvalue weighted by Crippen LogP contribution is 2.40. The average Bonchev–Trinajstić information content (AvgIpc) is 1.76. The number of fused-ring (bicyclic) bond motifs is 3. The molecule has 6 heterocycles. The van der Waals surface area contributed by atoms with Crippen LogP contribution in [-0.4, -0.2) is 152 Å². The van der Waals surface area contributed by atoms with Crippen molar-refractivity contribution in [1.82, 2.24) is 45.2 Å². The van der Waals surface area contributed by atoms with Crippen LogP contribution in [0, 0.1) is 17.5 Å². The molecule has 3 aromatic heterocycles. The minimum absolute atomic E-state index is 0.0145. The zero-order chi connectivity index (χ0) is 70.7. The lowest BCUT2D eigenvalue weighted by molar-refractivity contribution is -0.192. The van der Waals surface area contributed by atoms with Crippen LogP contribution in [-0.2, 0) is 47.1 Å². The molecule has 0 radical (unpaired) electrons. The molecule has 3 saturated heterocycles. The van der Waals surface area contributed by atoms with E-state index < -0.39 is 41.4 Å². The molecule has 0 aliphatic carbocycles. The number of hydrogen-bond acceptors (Lipinski definition) is 15. The first-order valence-corrected chi connectivity index (χ1v) is 34.4. The van der Waals surface area contributed by atoms with Gasteiger partial charge >= 0.3 is 24.3 Å². The summed E-state index contributed by atoms with van der Waals surface area (Å²) in [6.07, 6.45) is -6.03. The number of nitrogens with zero attached hydrogens (tertiary/aromatic N) is 7. The first-order chi connectivity index (χ1) is 45.8. The van der Waals surface area contributed by atoms with Crippen molar-refractivity contribution in [3.63, 3.8) is 0 Å². The Bertz CT molecular complexity index is 4380. The van der Waals surface area contributed by atoms with Gasteiger partial charge in [0, 0.05) is 106 Å². The van der Waals surface area contributed by atoms with E-state index in [0.717, 1.165) is 26.2 Å². The molecular weight excluding hydrogens is 1460 g/mol. The van der Waals surface area contributed by atoms with Crippen molar-refractivity contribution in [3.05, 3.63) is 157 Å². The molecule has 6 aromatic carbocycles. The fourth-order valence-corrected chi connectivity index (χ4v) is 13.1. The summed E-state index contributed by atoms with van der Waals surface area (Å²) in [6, 6.07) is 26.7. The quantitative estimate of drug-likeness (QED) is 0.0954. The van der Waals surface area contributed by atoms with Crippen molar-refractivity contribution in [2.24, 2.45) is 0 Å². The lowest BCUT2D eigenvalue weighted by atomic mass is 10.00. The number of aromatic nitrogens is 3. The third-order valence-electron chi connectivity index (χ3n) is 14.2. The Morgan fingerprint density at radius 1 is 0.567 bits per heavy atom. The van der Waals surface area contributed by atoms with Crippen molar-refractivity contribution >= 4 is 151 Å². The van der Waals surface area contributed by atoms with Gasteiger partial charge in [0.2, 0.25) is 17.7 Å². The van der Waals surface area contributed by atoms with Crippen molar-refractivity contribution < 1.29 is 69.7 Å². The lowest BCUT2D eigenvalue weighted by Crippen LogP contribution is -2.52. The maximum atomic E-state index is 15.7. The van der Waals surface area contributed by atoms with E-state index in [0.29, 0.717) is 121 Å². The Morgan fingerprint density at radius 2 is 0.959 bits per heavy atom. The van der Waals surface area contributed by atoms with Crippen LogP contribution in [0.3, 0.4) is 0 Å². The highest BCUT2D eigenvalue weighted by atomic mass is 79.9. The van der Waals surface area contributed by atoms with E-state index in [1.807, 2.05) is 24.3 Å². The Hall–Kier alpha value is -7.70. The third-order valence-corrected chi connectivity index (χ3v) is 17.8. The van der Waals surface area contributed by atoms with Gasteiger partial charge in [-0.25, -0.2) is 42.5 Å². The monoisotopic (exact) mass is 1520 g/mol. The Labute approximate surface area is 588 Å². The predicted octanol–water partition coefficient (Wildman–Crippen LogP) is 15.7. The highest BCUT2D eigenvalue weighted by molar-refractivity contribution is 9.08. The minimum Gasteiger partial charge on any atom is -0.475 e. The van der Waals surface area contributed by atoms with Gasteiger partial charge in [-0.1, -0.05) is 87.1 Å². The number of ether oxygens (including phenoxy) is 2. The molecule has 9 aromatic rings. The molecule has 514 valence electrons. The number of halogens is 10. The number of carboxylic acid groups (broad SMARTS) is 1. The summed E-state index contributed by atoms with van der Waals surface area (Å²) in [4.78, 5) is 87.4. The van der Waals surface area contributed by atoms with Gasteiger partial charge in [0.05, 0.1) is 53.7 Å². The number of thiazole rings is 3. The van der Waals surface area contributed by atoms with Crippen molar-refractivity contribution in [3.8, 4) is 33.4 Å². The van der Waals surface area contributed by atoms with E-state index in [4.69, 9.17) is 54.2 Å². The van der Waals surface area contributed by atoms with Crippen LogP contribution in [0.4, 0.5) is 35.9 Å². The molecule has 0 bridgehead atoms. The van der Waals surface area contributed by atoms with Gasteiger partial charge in [-0.05, 0) is 113 Å². The summed E-state index contributed by atoms with van der Waals surface area (Å²) in [5, 5.41) is 14.9. The smallest absolute Gasteiger partial charge is 0.475 e. The number of nitrogens with one attached hydrogen (secondary N) is 2. The molecule has 0 unspecified atom stereocenters. The number of amides is 5. The zero-order valence-electron chi connectivity index (χ0n) is 52.7. The SMILES string of the molecule is CC(C)(C)OC(=O)N1CCN(Cc2cc3scnc3c(-c3cccc(Cl)c3)c2F)C(=O)C1.CC(C)(C)OC(=O)N1CCNC(=O)C1.Fc1c(CBr)cc2scnc2c1-c1cccc(Cl)c1.O=C(O)C(F)(F)F.O=C1CNCCN1Cc1cc2scnc2c(-c2cccc(Cl)c2)c1F. The summed E-state index contributed by atoms with van der Waals surface area (Å²) >= 11 is 25.9. The second-order valence-corrected chi connectivity index (χ2v) is 28.2. The molecule has 5 amide bonds. The van der Waals surface area contributed by atoms with Gasteiger partial charge in [0.25, 0.3) is 0 Å². The van der Waals surface area contributed by atoms with Crippen LogP contribution in [0.2, 0.25) is 15.1 Å². The van der Waals surface area contributed by atoms with E-state index in [1.165, 1.54) is 43.8 Å². The van der Waals surface area contributed by atoms with E-state index >= 15 is 8.78 Å². The van der Waals surface area contributed by atoms with Gasteiger partial charge in [-0.15, -0.1) is 34.0 Å². The predicted molar refractivity (Wildman–Crippen MR) is 369 cm³/mol. The molecule has 31 heteroatoms. The summed E-state index contributed by atoms with van der Waals surface area (Å²) in [6.45, 7) is 14.3. The summed E-state index contributed by atoms with van der Waals surface area (Å²) in [7, 11) is 0. The number of rotatable bonds is 8. The number of aliphatic carboxylic acids is 1. The molecule has 18 nitrogen and oxygen atoms in total. The summed E-state index contributed by atoms with van der Waals surface area (Å²) < 4.78 is 90.5. The van der Waals surface area contributed by atoms with Crippen LogP contribution in [0.25, 0.3) is 64.0 Å². The maximum absolute atomic E-state index is 15.7. The zero-order valence-corrected chi connectivity index (χ0v) is 59.0. The largest absolute Gasteiger partial charge is 0.490 e. The molecule has 3 N–H and O–H groups in total. The standard InChI is InChI=1S/C23H23ClFN3O3S.C18H15ClFN3OS.C14H8BrClFNS.C9H16N2O3.C2HF3O2/c1-23(2,3)31-22(30)28-8-7-27(18(29)12-28)11-15-10-17-21(26-13-32-17)19(20(15)25)14-5-4-6-16(24)9-14;19-13-3-1-2-11(6-13)16-17(20)12(7-14-18(16)22-10-25-14)9-23-5-4-21-8-15(23)24;15-6-9-5-11-14(18-7-19-11)12(13(9)17)8-2-1-3-10(16)4-8;1-9(2,3)14-8(13)11-5-4-10-7(12)6-11;3-2(4,5)1(6)7/h4-6,9-10,13H,7-8,11-12H2,1-3H3;1-3,6-7,10,21H,4-5,8-9H2;1-5,7H,6H2;4-6H2,1-3H3,(H,10,12);(H,6,7). The molecule has 97 heavy (non-hydrogen) atoms. The molecule has 3 aliphatic heterocycles. The number of alkyl halides is 4. The highest BCUT2D eigenvalue weighted by Gasteiger charge is 2.38. The van der Waals surface area contributed by atoms with Crippen LogP contribution in [0.15, 0.2) is 108 Å². The van der Waals surface area contributed by atoms with E-state index in [2.05, 4.69) is 41.5 Å². The lowest BCUT2D eigenvalue weighted by Gasteiger charge is -2.35. The normalized spacial score (nSPS) is 14.3. The first-order valence-electron chi connectivity index (χ1n) is 29.6. The maximum Gasteiger partial charge on any atom is 0.490 e. The fourth-order valence-electron chi connectivity index (χ4n) is 9.85. The number of piperazine rings is 3. The van der Waals surface area contributed by atoms with Crippen LogP contribution >= 0.6 is 84.7 Å². The number of carbonyl (C=O) groups is 6. The summed E-state index contributed by atoms with van der Waals surface area (Å²) in [5.41, 5.74) is 10.8. The van der Waals surface area contributed by atoms with Gasteiger partial charge in [0.1, 0.15) is 41.7 Å². The van der Waals surface area contributed by atoms with Crippen LogP contribution in [0.1, 0.15) is 58.2 Å². The molecule has 0 saturated carbocycles. The second kappa shape index (κ2) is 32.8. The van der Waals surface area contributed by atoms with Gasteiger partial charge in [-0.2, -0.15) is 13.2 Å². The van der Waals surface area contributed by atoms with Gasteiger partial charge in [-0.3, -0.25) is 24.2 Å². The van der Waals surface area contributed by atoms with Crippen LogP contribution in [0.5, 0.6) is 0 Å². The topological polar surface area (TPSA) is 217 Å². The average molecular weight is 1520 g/mol. The van der Waals surface area contributed by atoms with E-state index in [9.17, 15) is 41.5 Å². The van der Waals surface area contributed by atoms with Crippen LogP contribution < -0.4 is 10.6 Å². The second-order valence-electron chi connectivity index (χ2n) is 23.7. The first kappa shape index (κ1) is 75.1. The Morgan fingerprint density at radius 3 is 1.32 bits per heavy atom. The van der Waals surface area contributed by atoms with E-state index in [-0.39, 0.29) is 55.5 Å². The number of hydrogen-bond donors (Lipinski definition) is 3. The van der Waals surface area contributed by atoms with E-state index in [1.54, 1.807) is 135 Å². The third kappa shape index (κ3) is 20.2. The van der Waals surface area contributed by atoms with Crippen molar-refractivity contribution in [1.29, 1.82) is 0 Å². The van der Waals surface area contributed by atoms with Crippen molar-refractivity contribution in [2.75, 3.05) is 58.9 Å². The molecule has 0 atom stereocenters. The van der Waals surface area contributed by atoms with Gasteiger partial charge in [0.15, 0.2) is 0 Å². The van der Waals surface area contributed by atoms with Gasteiger partial charge < -0.3 is 35.0 Å². The number of carboxylic acids is 1. The molecule has 12 rings (SSSR count). The Kier molecular flexibility index (Phi) is 25.4. The molecule has 3 fully saturated rings. The molecule has 3 aliphatic rings. The number of benzene rings is 6. The minimum atomic E-state index is -5.08. The van der Waals surface area contributed by atoms with Crippen molar-refractivity contribution in [2.45, 2.75) is 77.3 Å². The molecule has 0 spiro atoms. The fraction of sp³-hybridized carbons (Fsp3) is 0.318. The molecular formula is C66H63BrCl3F6N9O9S3.